The van der Waals surface area contributed by atoms with Gasteiger partial charge in [0.25, 0.3) is 0 Å². The molecule has 0 aliphatic heterocycles. The van der Waals surface area contributed by atoms with Crippen LogP contribution in [0.4, 0.5) is 0 Å². The van der Waals surface area contributed by atoms with Crippen molar-refractivity contribution < 1.29 is 4.79 Å². The van der Waals surface area contributed by atoms with Gasteiger partial charge in [-0.15, -0.1) is 0 Å². The van der Waals surface area contributed by atoms with E-state index in [1.165, 1.54) is 31.3 Å². The van der Waals surface area contributed by atoms with E-state index >= 15 is 0 Å². The Kier molecular flexibility index (Phi) is 7.66. The number of unbranched alkanes of at least 4 members (excludes halogenated alkanes) is 3. The first-order valence-corrected chi connectivity index (χ1v) is 5.40. The first kappa shape index (κ1) is 12.4. The highest BCUT2D eigenvalue weighted by Gasteiger charge is 1.99. The molecule has 0 aliphatic rings. The van der Waals surface area contributed by atoms with Gasteiger partial charge < -0.3 is 0 Å². The molecule has 0 unspecified atom stereocenters. The van der Waals surface area contributed by atoms with Gasteiger partial charge in [0.2, 0.25) is 0 Å². The summed E-state index contributed by atoms with van der Waals surface area (Å²) in [6.07, 6.45) is 7.98. The molecule has 1 nitrogen and oxygen atoms in total. The van der Waals surface area contributed by atoms with Crippen molar-refractivity contribution in [3.05, 3.63) is 11.1 Å². The van der Waals surface area contributed by atoms with Crippen LogP contribution in [0.5, 0.6) is 0 Å². The van der Waals surface area contributed by atoms with E-state index in [2.05, 4.69) is 20.8 Å². The largest absolute Gasteiger partial charge is 0.298 e. The average molecular weight is 182 g/mol. The van der Waals surface area contributed by atoms with Crippen LogP contribution in [-0.4, -0.2) is 6.29 Å². The molecule has 76 valence electrons. The van der Waals surface area contributed by atoms with Gasteiger partial charge in [0.1, 0.15) is 6.29 Å². The molecule has 1 heteroatoms. The third-order valence-electron chi connectivity index (χ3n) is 2.52. The zero-order chi connectivity index (χ0) is 10.1. The Morgan fingerprint density at radius 3 is 2.31 bits per heavy atom. The molecule has 0 fully saturated rings. The smallest absolute Gasteiger partial charge is 0.145 e. The summed E-state index contributed by atoms with van der Waals surface area (Å²) in [4.78, 5) is 10.7. The maximum atomic E-state index is 10.7. The van der Waals surface area contributed by atoms with Crippen molar-refractivity contribution in [1.29, 1.82) is 0 Å². The summed E-state index contributed by atoms with van der Waals surface area (Å²) in [5.41, 5.74) is 2.28. The van der Waals surface area contributed by atoms with Crippen LogP contribution in [0.2, 0.25) is 0 Å². The Morgan fingerprint density at radius 1 is 1.15 bits per heavy atom. The Bertz CT molecular complexity index is 168. The standard InChI is InChI=1S/C12H22O/c1-4-6-7-8-9-12(10-13)11(3)5-2/h10H,4-9H2,1-3H3/b12-11+. The molecule has 13 heavy (non-hydrogen) atoms. The number of rotatable bonds is 7. The molecule has 0 heterocycles. The fraction of sp³-hybridized carbons (Fsp3) is 0.750. The van der Waals surface area contributed by atoms with Crippen molar-refractivity contribution >= 4 is 6.29 Å². The van der Waals surface area contributed by atoms with Crippen LogP contribution in [0.3, 0.4) is 0 Å². The number of aldehydes is 1. The third kappa shape index (κ3) is 5.62. The second-order valence-electron chi connectivity index (χ2n) is 3.59. The zero-order valence-corrected chi connectivity index (χ0v) is 9.23. The molecular formula is C12H22O. The second-order valence-corrected chi connectivity index (χ2v) is 3.59. The zero-order valence-electron chi connectivity index (χ0n) is 9.23. The molecule has 0 N–H and O–H groups in total. The monoisotopic (exact) mass is 182 g/mol. The SMILES string of the molecule is CCCCCC/C(C=O)=C(/C)CC. The van der Waals surface area contributed by atoms with E-state index < -0.39 is 0 Å². The number of hydrogen-bond acceptors (Lipinski definition) is 1. The molecule has 0 saturated heterocycles. The third-order valence-corrected chi connectivity index (χ3v) is 2.52. The van der Waals surface area contributed by atoms with Gasteiger partial charge in [0.05, 0.1) is 0 Å². The number of carbonyl (C=O) groups is 1. The summed E-state index contributed by atoms with van der Waals surface area (Å²) in [5, 5.41) is 0. The summed E-state index contributed by atoms with van der Waals surface area (Å²) >= 11 is 0. The first-order chi connectivity index (χ1) is 6.26. The Hall–Kier alpha value is -0.590. The lowest BCUT2D eigenvalue weighted by Gasteiger charge is -2.03. The lowest BCUT2D eigenvalue weighted by Crippen LogP contribution is -1.90. The summed E-state index contributed by atoms with van der Waals surface area (Å²) in [7, 11) is 0. The van der Waals surface area contributed by atoms with Crippen LogP contribution in [0.1, 0.15) is 59.3 Å². The van der Waals surface area contributed by atoms with E-state index in [9.17, 15) is 4.79 Å². The van der Waals surface area contributed by atoms with Crippen LogP contribution in [0.15, 0.2) is 11.1 Å². The van der Waals surface area contributed by atoms with Crippen molar-refractivity contribution in [3.63, 3.8) is 0 Å². The highest BCUT2D eigenvalue weighted by Crippen LogP contribution is 2.14. The first-order valence-electron chi connectivity index (χ1n) is 5.40. The molecule has 0 aromatic carbocycles. The molecule has 0 atom stereocenters. The van der Waals surface area contributed by atoms with Crippen molar-refractivity contribution in [3.8, 4) is 0 Å². The van der Waals surface area contributed by atoms with Gasteiger partial charge in [-0.2, -0.15) is 0 Å². The molecule has 0 bridgehead atoms. The van der Waals surface area contributed by atoms with Gasteiger partial charge in [0, 0.05) is 0 Å². The number of carbonyl (C=O) groups excluding carboxylic acids is 1. The van der Waals surface area contributed by atoms with Gasteiger partial charge in [-0.1, -0.05) is 38.7 Å². The Labute approximate surface area is 82.2 Å². The van der Waals surface area contributed by atoms with Gasteiger partial charge in [-0.25, -0.2) is 0 Å². The van der Waals surface area contributed by atoms with Crippen molar-refractivity contribution in [1.82, 2.24) is 0 Å². The summed E-state index contributed by atoms with van der Waals surface area (Å²) in [6.45, 7) is 6.36. The van der Waals surface area contributed by atoms with Crippen LogP contribution >= 0.6 is 0 Å². The molecule has 0 saturated carbocycles. The lowest BCUT2D eigenvalue weighted by atomic mass is 10.0. The minimum Gasteiger partial charge on any atom is -0.298 e. The van der Waals surface area contributed by atoms with Gasteiger partial charge in [-0.3, -0.25) is 4.79 Å². The maximum absolute atomic E-state index is 10.7. The number of hydrogen-bond donors (Lipinski definition) is 0. The fourth-order valence-electron chi connectivity index (χ4n) is 1.34. The van der Waals surface area contributed by atoms with Gasteiger partial charge in [0.15, 0.2) is 0 Å². The molecule has 0 rings (SSSR count). The molecule has 0 aromatic rings. The van der Waals surface area contributed by atoms with Crippen molar-refractivity contribution in [2.45, 2.75) is 59.3 Å². The molecular weight excluding hydrogens is 160 g/mol. The van der Waals surface area contributed by atoms with E-state index in [1.54, 1.807) is 0 Å². The predicted molar refractivity (Wildman–Crippen MR) is 57.8 cm³/mol. The highest BCUT2D eigenvalue weighted by atomic mass is 16.1. The maximum Gasteiger partial charge on any atom is 0.145 e. The molecule has 0 aliphatic carbocycles. The van der Waals surface area contributed by atoms with Crippen LogP contribution in [-0.2, 0) is 4.79 Å². The van der Waals surface area contributed by atoms with Gasteiger partial charge >= 0.3 is 0 Å². The highest BCUT2D eigenvalue weighted by molar-refractivity contribution is 5.74. The van der Waals surface area contributed by atoms with E-state index in [1.807, 2.05) is 0 Å². The van der Waals surface area contributed by atoms with Crippen LogP contribution in [0.25, 0.3) is 0 Å². The quantitative estimate of drug-likeness (QED) is 0.332. The molecule has 0 amide bonds. The van der Waals surface area contributed by atoms with E-state index in [4.69, 9.17) is 0 Å². The minimum atomic E-state index is 0.975. The topological polar surface area (TPSA) is 17.1 Å². The fourth-order valence-corrected chi connectivity index (χ4v) is 1.34. The minimum absolute atomic E-state index is 0.975. The normalized spacial score (nSPS) is 12.5. The van der Waals surface area contributed by atoms with Crippen molar-refractivity contribution in [2.24, 2.45) is 0 Å². The summed E-state index contributed by atoms with van der Waals surface area (Å²) in [6, 6.07) is 0. The summed E-state index contributed by atoms with van der Waals surface area (Å²) < 4.78 is 0. The molecule has 0 radical (unpaired) electrons. The van der Waals surface area contributed by atoms with E-state index in [-0.39, 0.29) is 0 Å². The van der Waals surface area contributed by atoms with Crippen LogP contribution < -0.4 is 0 Å². The summed E-state index contributed by atoms with van der Waals surface area (Å²) in [5.74, 6) is 0. The molecule has 0 aromatic heterocycles. The van der Waals surface area contributed by atoms with E-state index in [0.717, 1.165) is 24.7 Å². The predicted octanol–water partition coefficient (Wildman–Crippen LogP) is 3.88. The van der Waals surface area contributed by atoms with E-state index in [0.29, 0.717) is 0 Å². The number of allylic oxidation sites excluding steroid dienone is 2. The van der Waals surface area contributed by atoms with Crippen molar-refractivity contribution in [2.75, 3.05) is 0 Å². The lowest BCUT2D eigenvalue weighted by molar-refractivity contribution is -0.105. The van der Waals surface area contributed by atoms with Crippen LogP contribution in [0, 0.1) is 0 Å². The van der Waals surface area contributed by atoms with Gasteiger partial charge in [-0.05, 0) is 31.8 Å². The molecule has 0 spiro atoms. The second kappa shape index (κ2) is 8.03. The Morgan fingerprint density at radius 2 is 1.85 bits per heavy atom. The Balaban J connectivity index is 3.79. The average Bonchev–Trinajstić information content (AvgIpc) is 2.17.